The van der Waals surface area contributed by atoms with Crippen molar-refractivity contribution in [1.29, 1.82) is 0 Å². The van der Waals surface area contributed by atoms with E-state index >= 15 is 0 Å². The second-order valence-corrected chi connectivity index (χ2v) is 8.14. The average Bonchev–Trinajstić information content (AvgIpc) is 3.15. The molecule has 2 aliphatic rings. The van der Waals surface area contributed by atoms with E-state index in [0.717, 1.165) is 29.7 Å². The Balaban J connectivity index is 1.65. The molecule has 2 aromatic rings. The molecule has 1 spiro atoms. The van der Waals surface area contributed by atoms with E-state index in [2.05, 4.69) is 12.2 Å². The number of esters is 1. The number of anilines is 1. The number of carbonyl (C=O) groups excluding carboxylic acids is 2. The summed E-state index contributed by atoms with van der Waals surface area (Å²) in [6, 6.07) is 17.5. The van der Waals surface area contributed by atoms with Gasteiger partial charge < -0.3 is 9.64 Å². The van der Waals surface area contributed by atoms with Crippen LogP contribution in [0.25, 0.3) is 0 Å². The van der Waals surface area contributed by atoms with Gasteiger partial charge in [0, 0.05) is 30.3 Å². The fourth-order valence-corrected chi connectivity index (χ4v) is 5.06. The van der Waals surface area contributed by atoms with Crippen LogP contribution in [0.1, 0.15) is 37.8 Å². The quantitative estimate of drug-likeness (QED) is 0.790. The number of nitrogens with one attached hydrogen (secondary N) is 1. The van der Waals surface area contributed by atoms with Gasteiger partial charge in [-0.1, -0.05) is 68.8 Å². The highest BCUT2D eigenvalue weighted by molar-refractivity contribution is 6.08. The summed E-state index contributed by atoms with van der Waals surface area (Å²) in [5.41, 5.74) is 1.95. The SMILES string of the molecule is CCC[C@@H]1N[C@@]2(C(=O)N(C)c3ccccc32)[C@@H](C)[C@@H]1C(=O)OCc1ccccc1. The summed E-state index contributed by atoms with van der Waals surface area (Å²) in [4.78, 5) is 28.3. The predicted octanol–water partition coefficient (Wildman–Crippen LogP) is 3.63. The Morgan fingerprint density at radius 1 is 1.14 bits per heavy atom. The fourth-order valence-electron chi connectivity index (χ4n) is 5.06. The van der Waals surface area contributed by atoms with Crippen LogP contribution in [0.4, 0.5) is 5.69 Å². The molecule has 4 rings (SSSR count). The van der Waals surface area contributed by atoms with Crippen LogP contribution >= 0.6 is 0 Å². The summed E-state index contributed by atoms with van der Waals surface area (Å²) in [6.45, 7) is 4.35. The normalized spacial score (nSPS) is 28.0. The number of para-hydroxylation sites is 1. The Morgan fingerprint density at radius 3 is 2.55 bits per heavy atom. The number of benzene rings is 2. The van der Waals surface area contributed by atoms with Gasteiger partial charge in [-0.15, -0.1) is 0 Å². The third-order valence-corrected chi connectivity index (χ3v) is 6.50. The minimum Gasteiger partial charge on any atom is -0.461 e. The van der Waals surface area contributed by atoms with Crippen molar-refractivity contribution in [3.63, 3.8) is 0 Å². The number of hydrogen-bond acceptors (Lipinski definition) is 4. The Kier molecular flexibility index (Phi) is 5.17. The van der Waals surface area contributed by atoms with Crippen molar-refractivity contribution >= 4 is 17.6 Å². The second kappa shape index (κ2) is 7.64. The van der Waals surface area contributed by atoms with E-state index in [-0.39, 0.29) is 36.4 Å². The monoisotopic (exact) mass is 392 g/mol. The highest BCUT2D eigenvalue weighted by Crippen LogP contribution is 2.51. The van der Waals surface area contributed by atoms with E-state index in [4.69, 9.17) is 4.74 Å². The number of hydrogen-bond donors (Lipinski definition) is 1. The number of amides is 1. The number of carbonyl (C=O) groups is 2. The van der Waals surface area contributed by atoms with Crippen LogP contribution in [-0.2, 0) is 26.5 Å². The van der Waals surface area contributed by atoms with E-state index in [0.29, 0.717) is 0 Å². The molecule has 0 radical (unpaired) electrons. The van der Waals surface area contributed by atoms with E-state index in [9.17, 15) is 9.59 Å². The van der Waals surface area contributed by atoms with Crippen molar-refractivity contribution in [3.05, 3.63) is 65.7 Å². The van der Waals surface area contributed by atoms with Crippen LogP contribution in [-0.4, -0.2) is 25.0 Å². The van der Waals surface area contributed by atoms with Crippen LogP contribution in [0.5, 0.6) is 0 Å². The molecule has 5 heteroatoms. The molecule has 0 unspecified atom stereocenters. The lowest BCUT2D eigenvalue weighted by Gasteiger charge is -2.29. The Labute approximate surface area is 172 Å². The summed E-state index contributed by atoms with van der Waals surface area (Å²) in [5, 5.41) is 3.59. The first kappa shape index (κ1) is 19.6. The van der Waals surface area contributed by atoms with Gasteiger partial charge in [0.15, 0.2) is 0 Å². The average molecular weight is 392 g/mol. The predicted molar refractivity (Wildman–Crippen MR) is 112 cm³/mol. The lowest BCUT2D eigenvalue weighted by atomic mass is 9.76. The molecule has 1 saturated heterocycles. The minimum absolute atomic E-state index is 0.00524. The van der Waals surface area contributed by atoms with Crippen LogP contribution in [0, 0.1) is 11.8 Å². The van der Waals surface area contributed by atoms with Gasteiger partial charge >= 0.3 is 5.97 Å². The smallest absolute Gasteiger partial charge is 0.311 e. The highest BCUT2D eigenvalue weighted by atomic mass is 16.5. The third-order valence-electron chi connectivity index (χ3n) is 6.50. The molecule has 0 saturated carbocycles. The standard InChI is InChI=1S/C24H28N2O3/c1-4-10-19-21(22(27)29-15-17-11-6-5-7-12-17)16(2)24(25-19)18-13-8-9-14-20(18)26(3)23(24)28/h5-9,11-14,16,19,21,25H,4,10,15H2,1-3H3/t16-,19-,21-,24-/m0/s1. The molecule has 0 aliphatic carbocycles. The molecular formula is C24H28N2O3. The molecule has 2 aromatic carbocycles. The van der Waals surface area contributed by atoms with Crippen molar-refractivity contribution < 1.29 is 14.3 Å². The summed E-state index contributed by atoms with van der Waals surface area (Å²) in [6.07, 6.45) is 1.74. The largest absolute Gasteiger partial charge is 0.461 e. The van der Waals surface area contributed by atoms with Crippen LogP contribution in [0.2, 0.25) is 0 Å². The first-order valence-corrected chi connectivity index (χ1v) is 10.4. The van der Waals surface area contributed by atoms with E-state index in [1.54, 1.807) is 11.9 Å². The third kappa shape index (κ3) is 3.04. The summed E-state index contributed by atoms with van der Waals surface area (Å²) in [5.74, 6) is -0.808. The zero-order valence-corrected chi connectivity index (χ0v) is 17.2. The highest BCUT2D eigenvalue weighted by Gasteiger charge is 2.63. The Morgan fingerprint density at radius 2 is 1.83 bits per heavy atom. The lowest BCUT2D eigenvalue weighted by Crippen LogP contribution is -2.51. The molecule has 0 bridgehead atoms. The summed E-state index contributed by atoms with van der Waals surface area (Å²) < 4.78 is 5.71. The molecule has 1 amide bonds. The molecule has 4 atom stereocenters. The second-order valence-electron chi connectivity index (χ2n) is 8.14. The van der Waals surface area contributed by atoms with Gasteiger partial charge in [0.05, 0.1) is 5.92 Å². The van der Waals surface area contributed by atoms with Crippen molar-refractivity contribution in [2.75, 3.05) is 11.9 Å². The maximum atomic E-state index is 13.4. The van der Waals surface area contributed by atoms with Gasteiger partial charge in [-0.3, -0.25) is 14.9 Å². The van der Waals surface area contributed by atoms with Gasteiger partial charge in [0.2, 0.25) is 0 Å². The van der Waals surface area contributed by atoms with Gasteiger partial charge in [-0.25, -0.2) is 0 Å². The molecule has 5 nitrogen and oxygen atoms in total. The van der Waals surface area contributed by atoms with E-state index < -0.39 is 5.54 Å². The maximum Gasteiger partial charge on any atom is 0.311 e. The number of rotatable bonds is 5. The van der Waals surface area contributed by atoms with Gasteiger partial charge in [-0.05, 0) is 18.1 Å². The lowest BCUT2D eigenvalue weighted by molar-refractivity contribution is -0.152. The number of ether oxygens (including phenoxy) is 1. The van der Waals surface area contributed by atoms with Gasteiger partial charge in [0.1, 0.15) is 12.1 Å². The zero-order chi connectivity index (χ0) is 20.6. The van der Waals surface area contributed by atoms with Crippen LogP contribution < -0.4 is 10.2 Å². The summed E-state index contributed by atoms with van der Waals surface area (Å²) in [7, 11) is 1.81. The maximum absolute atomic E-state index is 13.4. The number of likely N-dealkylation sites (N-methyl/N-ethyl adjacent to an activating group) is 1. The molecule has 1 N–H and O–H groups in total. The molecule has 152 valence electrons. The molecular weight excluding hydrogens is 364 g/mol. The summed E-state index contributed by atoms with van der Waals surface area (Å²) >= 11 is 0. The molecule has 29 heavy (non-hydrogen) atoms. The van der Waals surface area contributed by atoms with E-state index in [1.807, 2.05) is 61.5 Å². The van der Waals surface area contributed by atoms with Gasteiger partial charge in [0.25, 0.3) is 5.91 Å². The fraction of sp³-hybridized carbons (Fsp3) is 0.417. The first-order valence-electron chi connectivity index (χ1n) is 10.4. The topological polar surface area (TPSA) is 58.6 Å². The number of nitrogens with zero attached hydrogens (tertiary/aromatic N) is 1. The Bertz CT molecular complexity index is 913. The number of fused-ring (bicyclic) bond motifs is 2. The molecule has 2 heterocycles. The van der Waals surface area contributed by atoms with Gasteiger partial charge in [-0.2, -0.15) is 0 Å². The Hall–Kier alpha value is -2.66. The van der Waals surface area contributed by atoms with Crippen molar-refractivity contribution in [3.8, 4) is 0 Å². The molecule has 0 aromatic heterocycles. The van der Waals surface area contributed by atoms with Crippen molar-refractivity contribution in [2.45, 2.75) is 44.9 Å². The van der Waals surface area contributed by atoms with Crippen LogP contribution in [0.3, 0.4) is 0 Å². The van der Waals surface area contributed by atoms with Crippen LogP contribution in [0.15, 0.2) is 54.6 Å². The molecule has 2 aliphatic heterocycles. The minimum atomic E-state index is -0.873. The first-order chi connectivity index (χ1) is 14.0. The molecule has 1 fully saturated rings. The van der Waals surface area contributed by atoms with Crippen molar-refractivity contribution in [2.24, 2.45) is 11.8 Å². The zero-order valence-electron chi connectivity index (χ0n) is 17.2. The van der Waals surface area contributed by atoms with E-state index in [1.165, 1.54) is 0 Å². The van der Waals surface area contributed by atoms with Crippen molar-refractivity contribution in [1.82, 2.24) is 5.32 Å².